The molecule has 22 heavy (non-hydrogen) atoms. The van der Waals surface area contributed by atoms with E-state index >= 15 is 0 Å². The number of anilines is 1. The molecule has 5 nitrogen and oxygen atoms in total. The Balaban J connectivity index is 2.00. The number of fused-ring (bicyclic) bond motifs is 1. The molecule has 2 aromatic carbocycles. The SMILES string of the molecule is Cc1nc2ccc(S(=O)(=O)Nc3ccc(F)cc3F)cc2[nH]1. The highest BCUT2D eigenvalue weighted by atomic mass is 32.2. The number of aromatic nitrogens is 2. The molecule has 0 atom stereocenters. The average molecular weight is 323 g/mol. The van der Waals surface area contributed by atoms with E-state index in [2.05, 4.69) is 14.7 Å². The van der Waals surface area contributed by atoms with Crippen molar-refractivity contribution in [1.29, 1.82) is 0 Å². The summed E-state index contributed by atoms with van der Waals surface area (Å²) in [6.07, 6.45) is 0. The third-order valence-electron chi connectivity index (χ3n) is 3.06. The predicted molar refractivity (Wildman–Crippen MR) is 78.0 cm³/mol. The summed E-state index contributed by atoms with van der Waals surface area (Å²) in [5.74, 6) is -1.11. The fraction of sp³-hybridized carbons (Fsp3) is 0.0714. The predicted octanol–water partition coefficient (Wildman–Crippen LogP) is 2.95. The van der Waals surface area contributed by atoms with Crippen molar-refractivity contribution in [2.45, 2.75) is 11.8 Å². The number of hydrogen-bond donors (Lipinski definition) is 2. The quantitative estimate of drug-likeness (QED) is 0.778. The molecule has 114 valence electrons. The van der Waals surface area contributed by atoms with Crippen molar-refractivity contribution in [1.82, 2.24) is 9.97 Å². The van der Waals surface area contributed by atoms with Crippen molar-refractivity contribution in [3.8, 4) is 0 Å². The van der Waals surface area contributed by atoms with Gasteiger partial charge in [-0.15, -0.1) is 0 Å². The van der Waals surface area contributed by atoms with Crippen LogP contribution < -0.4 is 4.72 Å². The van der Waals surface area contributed by atoms with Gasteiger partial charge in [0, 0.05) is 6.07 Å². The number of H-pyrrole nitrogens is 1. The van der Waals surface area contributed by atoms with Gasteiger partial charge in [0.15, 0.2) is 0 Å². The van der Waals surface area contributed by atoms with Gasteiger partial charge in [-0.1, -0.05) is 0 Å². The standard InChI is InChI=1S/C14H11F2N3O2S/c1-8-17-13-5-3-10(7-14(13)18-8)22(20,21)19-12-4-2-9(15)6-11(12)16/h2-7,19H,1H3,(H,17,18). The van der Waals surface area contributed by atoms with E-state index in [9.17, 15) is 17.2 Å². The average Bonchev–Trinajstić information content (AvgIpc) is 2.81. The Morgan fingerprint density at radius 1 is 1.14 bits per heavy atom. The summed E-state index contributed by atoms with van der Waals surface area (Å²) in [7, 11) is -3.99. The van der Waals surface area contributed by atoms with E-state index in [1.807, 2.05) is 0 Å². The fourth-order valence-electron chi connectivity index (χ4n) is 2.06. The van der Waals surface area contributed by atoms with Crippen LogP contribution in [-0.2, 0) is 10.0 Å². The van der Waals surface area contributed by atoms with Gasteiger partial charge in [-0.2, -0.15) is 0 Å². The molecule has 1 heterocycles. The Hall–Kier alpha value is -2.48. The molecule has 0 aliphatic heterocycles. The molecule has 0 saturated carbocycles. The van der Waals surface area contributed by atoms with Gasteiger partial charge in [-0.25, -0.2) is 22.2 Å². The number of rotatable bonds is 3. The van der Waals surface area contributed by atoms with Crippen LogP contribution in [0.3, 0.4) is 0 Å². The summed E-state index contributed by atoms with van der Waals surface area (Å²) in [5, 5.41) is 0. The molecule has 1 aromatic heterocycles. The molecule has 3 rings (SSSR count). The molecule has 0 spiro atoms. The smallest absolute Gasteiger partial charge is 0.262 e. The zero-order valence-electron chi connectivity index (χ0n) is 11.4. The summed E-state index contributed by atoms with van der Waals surface area (Å²) in [6, 6.07) is 6.93. The Morgan fingerprint density at radius 2 is 1.91 bits per heavy atom. The second-order valence-electron chi connectivity index (χ2n) is 4.73. The highest BCUT2D eigenvalue weighted by molar-refractivity contribution is 7.92. The fourth-order valence-corrected chi connectivity index (χ4v) is 3.15. The van der Waals surface area contributed by atoms with Crippen LogP contribution in [0.1, 0.15) is 5.82 Å². The molecule has 0 saturated heterocycles. The van der Waals surface area contributed by atoms with Crippen molar-refractivity contribution in [3.63, 3.8) is 0 Å². The third kappa shape index (κ3) is 2.64. The van der Waals surface area contributed by atoms with E-state index < -0.39 is 21.7 Å². The minimum Gasteiger partial charge on any atom is -0.342 e. The van der Waals surface area contributed by atoms with Crippen molar-refractivity contribution in [2.24, 2.45) is 0 Å². The normalized spacial score (nSPS) is 11.8. The lowest BCUT2D eigenvalue weighted by Crippen LogP contribution is -2.14. The molecule has 2 N–H and O–H groups in total. The minimum atomic E-state index is -3.99. The highest BCUT2D eigenvalue weighted by Crippen LogP contribution is 2.22. The van der Waals surface area contributed by atoms with E-state index in [1.165, 1.54) is 12.1 Å². The number of imidazole rings is 1. The van der Waals surface area contributed by atoms with Crippen LogP contribution >= 0.6 is 0 Å². The third-order valence-corrected chi connectivity index (χ3v) is 4.42. The topological polar surface area (TPSA) is 74.8 Å². The Bertz CT molecular complexity index is 967. The maximum atomic E-state index is 13.6. The maximum absolute atomic E-state index is 13.6. The van der Waals surface area contributed by atoms with Crippen LogP contribution in [0.5, 0.6) is 0 Å². The summed E-state index contributed by atoms with van der Waals surface area (Å²) < 4.78 is 53.1. The number of aromatic amines is 1. The lowest BCUT2D eigenvalue weighted by Gasteiger charge is -2.09. The molecular weight excluding hydrogens is 312 g/mol. The van der Waals surface area contributed by atoms with Crippen LogP contribution in [0.15, 0.2) is 41.3 Å². The largest absolute Gasteiger partial charge is 0.342 e. The molecule has 0 unspecified atom stereocenters. The number of sulfonamides is 1. The van der Waals surface area contributed by atoms with Gasteiger partial charge >= 0.3 is 0 Å². The molecule has 8 heteroatoms. The van der Waals surface area contributed by atoms with Crippen molar-refractivity contribution < 1.29 is 17.2 Å². The van der Waals surface area contributed by atoms with Crippen molar-refractivity contribution in [3.05, 3.63) is 53.9 Å². The number of benzene rings is 2. The summed E-state index contributed by atoms with van der Waals surface area (Å²) in [5.41, 5.74) is 0.867. The lowest BCUT2D eigenvalue weighted by atomic mass is 10.3. The van der Waals surface area contributed by atoms with Gasteiger partial charge in [0.05, 0.1) is 21.6 Å². The van der Waals surface area contributed by atoms with Gasteiger partial charge in [-0.3, -0.25) is 4.72 Å². The first kappa shape index (κ1) is 14.5. The second kappa shape index (κ2) is 5.06. The van der Waals surface area contributed by atoms with Gasteiger partial charge in [-0.05, 0) is 37.3 Å². The Morgan fingerprint density at radius 3 is 2.64 bits per heavy atom. The van der Waals surface area contributed by atoms with Crippen LogP contribution in [0.2, 0.25) is 0 Å². The van der Waals surface area contributed by atoms with Crippen LogP contribution in [-0.4, -0.2) is 18.4 Å². The Labute approximate surface area is 125 Å². The van der Waals surface area contributed by atoms with Gasteiger partial charge in [0.2, 0.25) is 0 Å². The van der Waals surface area contributed by atoms with Gasteiger partial charge in [0.25, 0.3) is 10.0 Å². The van der Waals surface area contributed by atoms with E-state index in [4.69, 9.17) is 0 Å². The van der Waals surface area contributed by atoms with Crippen molar-refractivity contribution >= 4 is 26.7 Å². The summed E-state index contributed by atoms with van der Waals surface area (Å²) >= 11 is 0. The monoisotopic (exact) mass is 323 g/mol. The molecule has 0 bridgehead atoms. The first-order valence-corrected chi connectivity index (χ1v) is 7.78. The minimum absolute atomic E-state index is 0.0487. The second-order valence-corrected chi connectivity index (χ2v) is 6.41. The first-order chi connectivity index (χ1) is 10.3. The van der Waals surface area contributed by atoms with E-state index in [1.54, 1.807) is 13.0 Å². The Kier molecular flexibility index (Phi) is 3.32. The molecule has 0 amide bonds. The van der Waals surface area contributed by atoms with Crippen molar-refractivity contribution in [2.75, 3.05) is 4.72 Å². The summed E-state index contributed by atoms with van der Waals surface area (Å²) in [4.78, 5) is 7.05. The number of nitrogens with zero attached hydrogens (tertiary/aromatic N) is 1. The molecule has 0 aliphatic carbocycles. The number of halogens is 2. The van der Waals surface area contributed by atoms with Gasteiger partial charge in [0.1, 0.15) is 17.5 Å². The van der Waals surface area contributed by atoms with Gasteiger partial charge < -0.3 is 4.98 Å². The van der Waals surface area contributed by atoms with E-state index in [0.29, 0.717) is 22.9 Å². The van der Waals surface area contributed by atoms with Crippen LogP contribution in [0.4, 0.5) is 14.5 Å². The zero-order chi connectivity index (χ0) is 15.9. The maximum Gasteiger partial charge on any atom is 0.262 e. The molecular formula is C14H11F2N3O2S. The van der Waals surface area contributed by atoms with E-state index in [0.717, 1.165) is 12.1 Å². The summed E-state index contributed by atoms with van der Waals surface area (Å²) in [6.45, 7) is 1.75. The molecule has 0 fully saturated rings. The molecule has 0 aliphatic rings. The number of aryl methyl sites for hydroxylation is 1. The number of nitrogens with one attached hydrogen (secondary N) is 2. The zero-order valence-corrected chi connectivity index (χ0v) is 12.2. The van der Waals surface area contributed by atoms with Crippen LogP contribution in [0.25, 0.3) is 11.0 Å². The first-order valence-electron chi connectivity index (χ1n) is 6.29. The van der Waals surface area contributed by atoms with Crippen LogP contribution in [0, 0.1) is 18.6 Å². The molecule has 3 aromatic rings. The highest BCUT2D eigenvalue weighted by Gasteiger charge is 2.17. The molecule has 0 radical (unpaired) electrons. The van der Waals surface area contributed by atoms with E-state index in [-0.39, 0.29) is 10.6 Å². The number of hydrogen-bond acceptors (Lipinski definition) is 3. The lowest BCUT2D eigenvalue weighted by molar-refractivity contribution is 0.583.